The fourth-order valence-electron chi connectivity index (χ4n) is 2.51. The molecule has 2 atom stereocenters. The van der Waals surface area contributed by atoms with Crippen LogP contribution in [0.1, 0.15) is 25.7 Å². The summed E-state index contributed by atoms with van der Waals surface area (Å²) < 4.78 is 25.4. The first kappa shape index (κ1) is 12.8. The highest BCUT2D eigenvalue weighted by Crippen LogP contribution is 2.22. The Labute approximate surface area is 101 Å². The van der Waals surface area contributed by atoms with Crippen molar-refractivity contribution in [3.8, 4) is 0 Å². The maximum atomic E-state index is 12.0. The average Bonchev–Trinajstić information content (AvgIpc) is 2.55. The van der Waals surface area contributed by atoms with E-state index in [1.54, 1.807) is 0 Å². The van der Waals surface area contributed by atoms with Gasteiger partial charge >= 0.3 is 5.97 Å². The lowest BCUT2D eigenvalue weighted by atomic mass is 10.1. The molecule has 17 heavy (non-hydrogen) atoms. The maximum absolute atomic E-state index is 12.0. The summed E-state index contributed by atoms with van der Waals surface area (Å²) in [6.45, 7) is 0.995. The SMILES string of the molecule is O=C(O)CCS(=O)(=O)N1CCC2CCC(C1)N2. The summed E-state index contributed by atoms with van der Waals surface area (Å²) in [5.41, 5.74) is 0. The number of carboxylic acids is 1. The van der Waals surface area contributed by atoms with Crippen LogP contribution in [-0.4, -0.2) is 54.7 Å². The highest BCUT2D eigenvalue weighted by Gasteiger charge is 2.34. The van der Waals surface area contributed by atoms with Gasteiger partial charge in [0.2, 0.25) is 10.0 Å². The van der Waals surface area contributed by atoms with E-state index >= 15 is 0 Å². The topological polar surface area (TPSA) is 86.7 Å². The summed E-state index contributed by atoms with van der Waals surface area (Å²) in [5, 5.41) is 11.9. The van der Waals surface area contributed by atoms with Gasteiger partial charge in [0, 0.05) is 25.2 Å². The Bertz CT molecular complexity index is 395. The van der Waals surface area contributed by atoms with Crippen LogP contribution in [0, 0.1) is 0 Å². The molecule has 0 radical (unpaired) electrons. The summed E-state index contributed by atoms with van der Waals surface area (Å²) >= 11 is 0. The zero-order valence-corrected chi connectivity index (χ0v) is 10.4. The molecule has 2 saturated heterocycles. The molecule has 2 N–H and O–H groups in total. The molecule has 2 aliphatic rings. The molecule has 0 amide bonds. The second-order valence-electron chi connectivity index (χ2n) is 4.74. The van der Waals surface area contributed by atoms with E-state index in [1.165, 1.54) is 4.31 Å². The molecule has 0 aromatic carbocycles. The summed E-state index contributed by atoms with van der Waals surface area (Å²) in [6, 6.07) is 0.668. The molecule has 2 unspecified atom stereocenters. The van der Waals surface area contributed by atoms with Crippen LogP contribution in [0.3, 0.4) is 0 Å². The molecule has 0 saturated carbocycles. The molecule has 0 aliphatic carbocycles. The lowest BCUT2D eigenvalue weighted by molar-refractivity contribution is -0.136. The smallest absolute Gasteiger partial charge is 0.304 e. The lowest BCUT2D eigenvalue weighted by Gasteiger charge is -2.23. The summed E-state index contributed by atoms with van der Waals surface area (Å²) in [5.74, 6) is -1.36. The highest BCUT2D eigenvalue weighted by molar-refractivity contribution is 7.89. The zero-order chi connectivity index (χ0) is 12.5. The van der Waals surface area contributed by atoms with Crippen LogP contribution in [0.15, 0.2) is 0 Å². The molecule has 0 aromatic rings. The highest BCUT2D eigenvalue weighted by atomic mass is 32.2. The lowest BCUT2D eigenvalue weighted by Crippen LogP contribution is -2.40. The van der Waals surface area contributed by atoms with E-state index in [4.69, 9.17) is 5.11 Å². The third-order valence-electron chi connectivity index (χ3n) is 3.45. The molecular formula is C10H18N2O4S. The minimum atomic E-state index is -3.41. The molecule has 0 spiro atoms. The predicted molar refractivity (Wildman–Crippen MR) is 62.2 cm³/mol. The molecule has 7 heteroatoms. The first-order valence-electron chi connectivity index (χ1n) is 5.93. The van der Waals surface area contributed by atoms with Gasteiger partial charge in [0.15, 0.2) is 0 Å². The standard InChI is InChI=1S/C10H18N2O4S/c13-10(14)4-6-17(15,16)12-5-3-8-1-2-9(7-12)11-8/h8-9,11H,1-7H2,(H,13,14). The van der Waals surface area contributed by atoms with Crippen molar-refractivity contribution in [1.29, 1.82) is 0 Å². The van der Waals surface area contributed by atoms with Gasteiger partial charge in [-0.15, -0.1) is 0 Å². The van der Waals surface area contributed by atoms with Gasteiger partial charge in [0.05, 0.1) is 12.2 Å². The Kier molecular flexibility index (Phi) is 3.70. The van der Waals surface area contributed by atoms with Crippen molar-refractivity contribution in [3.05, 3.63) is 0 Å². The van der Waals surface area contributed by atoms with Gasteiger partial charge in [-0.3, -0.25) is 4.79 Å². The number of aliphatic carboxylic acids is 1. The van der Waals surface area contributed by atoms with Gasteiger partial charge in [0.1, 0.15) is 0 Å². The van der Waals surface area contributed by atoms with Gasteiger partial charge in [-0.05, 0) is 19.3 Å². The Morgan fingerprint density at radius 3 is 2.71 bits per heavy atom. The number of nitrogens with zero attached hydrogens (tertiary/aromatic N) is 1. The molecular weight excluding hydrogens is 244 g/mol. The molecule has 2 bridgehead atoms. The van der Waals surface area contributed by atoms with Gasteiger partial charge in [-0.1, -0.05) is 0 Å². The maximum Gasteiger partial charge on any atom is 0.304 e. The first-order chi connectivity index (χ1) is 7.97. The number of rotatable bonds is 4. The summed E-state index contributed by atoms with van der Waals surface area (Å²) in [7, 11) is -3.41. The average molecular weight is 262 g/mol. The number of hydrogen-bond donors (Lipinski definition) is 2. The van der Waals surface area contributed by atoms with Crippen molar-refractivity contribution in [2.75, 3.05) is 18.8 Å². The minimum absolute atomic E-state index is 0.238. The summed E-state index contributed by atoms with van der Waals surface area (Å²) in [6.07, 6.45) is 2.63. The quantitative estimate of drug-likeness (QED) is 0.721. The van der Waals surface area contributed by atoms with E-state index in [0.29, 0.717) is 19.1 Å². The normalized spacial score (nSPS) is 30.1. The number of fused-ring (bicyclic) bond motifs is 2. The minimum Gasteiger partial charge on any atom is -0.481 e. The van der Waals surface area contributed by atoms with Crippen LogP contribution in [0.25, 0.3) is 0 Å². The Balaban J connectivity index is 1.98. The van der Waals surface area contributed by atoms with Gasteiger partial charge in [-0.25, -0.2) is 12.7 Å². The van der Waals surface area contributed by atoms with Gasteiger partial charge < -0.3 is 10.4 Å². The predicted octanol–water partition coefficient (Wildman–Crippen LogP) is -0.383. The Hall–Kier alpha value is -0.660. The summed E-state index contributed by atoms with van der Waals surface area (Å²) in [4.78, 5) is 10.4. The molecule has 98 valence electrons. The zero-order valence-electron chi connectivity index (χ0n) is 9.63. The second-order valence-corrected chi connectivity index (χ2v) is 6.83. The van der Waals surface area contributed by atoms with Crippen LogP contribution in [0.2, 0.25) is 0 Å². The largest absolute Gasteiger partial charge is 0.481 e. The van der Waals surface area contributed by atoms with Crippen LogP contribution in [-0.2, 0) is 14.8 Å². The third-order valence-corrected chi connectivity index (χ3v) is 5.29. The van der Waals surface area contributed by atoms with Crippen LogP contribution < -0.4 is 5.32 Å². The van der Waals surface area contributed by atoms with E-state index in [2.05, 4.69) is 5.32 Å². The van der Waals surface area contributed by atoms with Crippen molar-refractivity contribution in [2.45, 2.75) is 37.8 Å². The monoisotopic (exact) mass is 262 g/mol. The number of carbonyl (C=O) groups is 1. The van der Waals surface area contributed by atoms with Crippen LogP contribution in [0.4, 0.5) is 0 Å². The number of nitrogens with one attached hydrogen (secondary N) is 1. The van der Waals surface area contributed by atoms with Crippen molar-refractivity contribution in [3.63, 3.8) is 0 Å². The van der Waals surface area contributed by atoms with E-state index < -0.39 is 16.0 Å². The second kappa shape index (κ2) is 4.91. The van der Waals surface area contributed by atoms with Crippen molar-refractivity contribution < 1.29 is 18.3 Å². The fraction of sp³-hybridized carbons (Fsp3) is 0.900. The van der Waals surface area contributed by atoms with Crippen LogP contribution >= 0.6 is 0 Å². The number of carboxylic acid groups (broad SMARTS) is 1. The number of hydrogen-bond acceptors (Lipinski definition) is 4. The molecule has 0 aromatic heterocycles. The van der Waals surface area contributed by atoms with E-state index in [1.807, 2.05) is 0 Å². The van der Waals surface area contributed by atoms with E-state index in [-0.39, 0.29) is 18.2 Å². The molecule has 6 nitrogen and oxygen atoms in total. The molecule has 2 aliphatic heterocycles. The third kappa shape index (κ3) is 3.17. The van der Waals surface area contributed by atoms with Crippen molar-refractivity contribution in [1.82, 2.24) is 9.62 Å². The molecule has 2 heterocycles. The van der Waals surface area contributed by atoms with Crippen molar-refractivity contribution >= 4 is 16.0 Å². The van der Waals surface area contributed by atoms with Crippen molar-refractivity contribution in [2.24, 2.45) is 0 Å². The van der Waals surface area contributed by atoms with Gasteiger partial charge in [-0.2, -0.15) is 0 Å². The van der Waals surface area contributed by atoms with Crippen LogP contribution in [0.5, 0.6) is 0 Å². The number of sulfonamides is 1. The van der Waals surface area contributed by atoms with E-state index in [0.717, 1.165) is 19.3 Å². The molecule has 2 fully saturated rings. The fourth-order valence-corrected chi connectivity index (χ4v) is 3.99. The Morgan fingerprint density at radius 2 is 2.00 bits per heavy atom. The van der Waals surface area contributed by atoms with E-state index in [9.17, 15) is 13.2 Å². The first-order valence-corrected chi connectivity index (χ1v) is 7.54. The van der Waals surface area contributed by atoms with Gasteiger partial charge in [0.25, 0.3) is 0 Å². The Morgan fingerprint density at radius 1 is 1.29 bits per heavy atom. The molecule has 2 rings (SSSR count).